The molecule has 0 aliphatic carbocycles. The summed E-state index contributed by atoms with van der Waals surface area (Å²) < 4.78 is 5.40. The maximum Gasteiger partial charge on any atom is 0.283 e. The van der Waals surface area contributed by atoms with Crippen molar-refractivity contribution in [1.82, 2.24) is 4.90 Å². The van der Waals surface area contributed by atoms with E-state index in [0.29, 0.717) is 29.3 Å². The van der Waals surface area contributed by atoms with Crippen molar-refractivity contribution in [3.05, 3.63) is 64.8 Å². The Morgan fingerprint density at radius 2 is 1.75 bits per heavy atom. The number of rotatable bonds is 6. The van der Waals surface area contributed by atoms with Crippen LogP contribution in [0.3, 0.4) is 0 Å². The van der Waals surface area contributed by atoms with E-state index in [1.54, 1.807) is 48.5 Å². The Labute approximate surface area is 191 Å². The van der Waals surface area contributed by atoms with Gasteiger partial charge in [0.05, 0.1) is 12.3 Å². The largest absolute Gasteiger partial charge is 0.494 e. The van der Waals surface area contributed by atoms with E-state index in [1.165, 1.54) is 0 Å². The monoisotopic (exact) mass is 453 g/mol. The summed E-state index contributed by atoms with van der Waals surface area (Å²) in [7, 11) is 0. The fourth-order valence-electron chi connectivity index (χ4n) is 3.86. The molecule has 2 heterocycles. The summed E-state index contributed by atoms with van der Waals surface area (Å²) in [6, 6.07) is 13.5. The SMILES string of the molecule is CCOc1ccc(N2C(=O)C(Cl)=C(Nc3cccc(C(=O)N4CCCCC4)c3)C2=O)cc1. The first-order valence-corrected chi connectivity index (χ1v) is 11.0. The molecule has 1 saturated heterocycles. The molecular formula is C24H24ClN3O4. The average molecular weight is 454 g/mol. The number of carbonyl (C=O) groups excluding carboxylic acids is 3. The highest BCUT2D eigenvalue weighted by atomic mass is 35.5. The number of nitrogens with zero attached hydrogens (tertiary/aromatic N) is 2. The lowest BCUT2D eigenvalue weighted by molar-refractivity contribution is -0.120. The van der Waals surface area contributed by atoms with Crippen LogP contribution in [0.4, 0.5) is 11.4 Å². The quantitative estimate of drug-likeness (QED) is 0.665. The van der Waals surface area contributed by atoms with E-state index in [-0.39, 0.29) is 16.6 Å². The molecule has 2 aliphatic heterocycles. The van der Waals surface area contributed by atoms with Crippen molar-refractivity contribution < 1.29 is 19.1 Å². The second-order valence-corrected chi connectivity index (χ2v) is 8.00. The van der Waals surface area contributed by atoms with E-state index in [9.17, 15) is 14.4 Å². The molecule has 1 N–H and O–H groups in total. The van der Waals surface area contributed by atoms with E-state index < -0.39 is 11.8 Å². The molecule has 3 amide bonds. The molecule has 0 spiro atoms. The first-order chi connectivity index (χ1) is 15.5. The Hall–Kier alpha value is -3.32. The number of hydrogen-bond donors (Lipinski definition) is 1. The van der Waals surface area contributed by atoms with Crippen molar-refractivity contribution >= 4 is 40.7 Å². The molecule has 8 heteroatoms. The van der Waals surface area contributed by atoms with Gasteiger partial charge in [-0.25, -0.2) is 4.90 Å². The van der Waals surface area contributed by atoms with Gasteiger partial charge in [0, 0.05) is 24.3 Å². The second-order valence-electron chi connectivity index (χ2n) is 7.62. The van der Waals surface area contributed by atoms with Gasteiger partial charge in [-0.2, -0.15) is 0 Å². The molecule has 7 nitrogen and oxygen atoms in total. The van der Waals surface area contributed by atoms with Gasteiger partial charge in [0.2, 0.25) is 0 Å². The third-order valence-electron chi connectivity index (χ3n) is 5.46. The van der Waals surface area contributed by atoms with Crippen molar-refractivity contribution in [3.8, 4) is 5.75 Å². The minimum absolute atomic E-state index is 0.0203. The van der Waals surface area contributed by atoms with Gasteiger partial charge in [-0.1, -0.05) is 17.7 Å². The number of anilines is 2. The molecule has 0 bridgehead atoms. The summed E-state index contributed by atoms with van der Waals surface area (Å²) in [6.45, 7) is 3.88. The zero-order valence-corrected chi connectivity index (χ0v) is 18.5. The third kappa shape index (κ3) is 4.34. The lowest BCUT2D eigenvalue weighted by Crippen LogP contribution is -2.35. The zero-order valence-electron chi connectivity index (χ0n) is 17.8. The smallest absolute Gasteiger partial charge is 0.283 e. The number of halogens is 1. The average Bonchev–Trinajstić information content (AvgIpc) is 3.03. The maximum absolute atomic E-state index is 13.0. The number of carbonyl (C=O) groups is 3. The zero-order chi connectivity index (χ0) is 22.7. The van der Waals surface area contributed by atoms with Crippen LogP contribution in [0.5, 0.6) is 5.75 Å². The van der Waals surface area contributed by atoms with Crippen molar-refractivity contribution in [2.45, 2.75) is 26.2 Å². The summed E-state index contributed by atoms with van der Waals surface area (Å²) >= 11 is 6.23. The summed E-state index contributed by atoms with van der Waals surface area (Å²) in [4.78, 5) is 41.4. The summed E-state index contributed by atoms with van der Waals surface area (Å²) in [6.07, 6.45) is 3.15. The Bertz CT molecular complexity index is 1070. The Balaban J connectivity index is 1.52. The highest BCUT2D eigenvalue weighted by molar-refractivity contribution is 6.53. The predicted octanol–water partition coefficient (Wildman–Crippen LogP) is 4.15. The molecule has 1 fully saturated rings. The Morgan fingerprint density at radius 3 is 2.44 bits per heavy atom. The maximum atomic E-state index is 13.0. The van der Waals surface area contributed by atoms with Gasteiger partial charge in [0.25, 0.3) is 17.7 Å². The number of amides is 3. The summed E-state index contributed by atoms with van der Waals surface area (Å²) in [5.74, 6) is -0.568. The van der Waals surface area contributed by atoms with E-state index in [2.05, 4.69) is 5.32 Å². The number of hydrogen-bond acceptors (Lipinski definition) is 5. The molecule has 166 valence electrons. The number of imide groups is 1. The van der Waals surface area contributed by atoms with Crippen LogP contribution in [0, 0.1) is 0 Å². The molecule has 32 heavy (non-hydrogen) atoms. The van der Waals surface area contributed by atoms with Gasteiger partial charge in [-0.3, -0.25) is 14.4 Å². The standard InChI is InChI=1S/C24H24ClN3O4/c1-2-32-19-11-9-18(10-12-19)28-23(30)20(25)21(24(28)31)26-17-8-6-7-16(15-17)22(29)27-13-4-3-5-14-27/h6-12,15,26H,2-5,13-14H2,1H3. The lowest BCUT2D eigenvalue weighted by Gasteiger charge is -2.26. The molecule has 4 rings (SSSR count). The molecule has 0 aromatic heterocycles. The fourth-order valence-corrected chi connectivity index (χ4v) is 4.07. The summed E-state index contributed by atoms with van der Waals surface area (Å²) in [5, 5.41) is 2.74. The number of benzene rings is 2. The van der Waals surface area contributed by atoms with Gasteiger partial charge < -0.3 is 15.0 Å². The van der Waals surface area contributed by atoms with Crippen LogP contribution in [-0.2, 0) is 9.59 Å². The van der Waals surface area contributed by atoms with Gasteiger partial charge >= 0.3 is 0 Å². The van der Waals surface area contributed by atoms with Crippen LogP contribution in [0.1, 0.15) is 36.5 Å². The number of nitrogens with one attached hydrogen (secondary N) is 1. The topological polar surface area (TPSA) is 79.0 Å². The van der Waals surface area contributed by atoms with Crippen molar-refractivity contribution in [2.75, 3.05) is 29.9 Å². The van der Waals surface area contributed by atoms with Crippen LogP contribution in [-0.4, -0.2) is 42.3 Å². The first-order valence-electron chi connectivity index (χ1n) is 10.7. The minimum atomic E-state index is -0.608. The van der Waals surface area contributed by atoms with E-state index >= 15 is 0 Å². The van der Waals surface area contributed by atoms with E-state index in [4.69, 9.17) is 16.3 Å². The van der Waals surface area contributed by atoms with Gasteiger partial charge in [0.15, 0.2) is 0 Å². The normalized spacial score (nSPS) is 16.6. The van der Waals surface area contributed by atoms with Crippen molar-refractivity contribution in [1.29, 1.82) is 0 Å². The number of ether oxygens (including phenoxy) is 1. The van der Waals surface area contributed by atoms with Crippen LogP contribution in [0.25, 0.3) is 0 Å². The Morgan fingerprint density at radius 1 is 1.03 bits per heavy atom. The molecule has 2 aliphatic rings. The van der Waals surface area contributed by atoms with Crippen molar-refractivity contribution in [3.63, 3.8) is 0 Å². The predicted molar refractivity (Wildman–Crippen MR) is 123 cm³/mol. The minimum Gasteiger partial charge on any atom is -0.494 e. The fraction of sp³-hybridized carbons (Fsp3) is 0.292. The number of likely N-dealkylation sites (tertiary alicyclic amines) is 1. The molecule has 0 unspecified atom stereocenters. The highest BCUT2D eigenvalue weighted by Gasteiger charge is 2.39. The van der Waals surface area contributed by atoms with Crippen LogP contribution in [0.15, 0.2) is 59.3 Å². The van der Waals surface area contributed by atoms with Gasteiger partial charge in [0.1, 0.15) is 16.5 Å². The van der Waals surface area contributed by atoms with Gasteiger partial charge in [-0.15, -0.1) is 0 Å². The first kappa shape index (κ1) is 21.9. The van der Waals surface area contributed by atoms with Gasteiger partial charge in [-0.05, 0) is 68.7 Å². The lowest BCUT2D eigenvalue weighted by atomic mass is 10.1. The van der Waals surface area contributed by atoms with Crippen LogP contribution < -0.4 is 15.0 Å². The Kier molecular flexibility index (Phi) is 6.46. The molecule has 2 aromatic carbocycles. The van der Waals surface area contributed by atoms with E-state index in [0.717, 1.165) is 37.3 Å². The number of piperidine rings is 1. The molecule has 2 aromatic rings. The van der Waals surface area contributed by atoms with Crippen LogP contribution >= 0.6 is 11.6 Å². The molecule has 0 atom stereocenters. The molecular weight excluding hydrogens is 430 g/mol. The summed E-state index contributed by atoms with van der Waals surface area (Å²) in [5.41, 5.74) is 1.41. The van der Waals surface area contributed by atoms with Crippen LogP contribution in [0.2, 0.25) is 0 Å². The second kappa shape index (κ2) is 9.44. The molecule has 0 radical (unpaired) electrons. The van der Waals surface area contributed by atoms with Crippen molar-refractivity contribution in [2.24, 2.45) is 0 Å². The van der Waals surface area contributed by atoms with E-state index in [1.807, 2.05) is 11.8 Å². The third-order valence-corrected chi connectivity index (χ3v) is 5.81. The highest BCUT2D eigenvalue weighted by Crippen LogP contribution is 2.31. The molecule has 0 saturated carbocycles.